The fourth-order valence-corrected chi connectivity index (χ4v) is 1.49. The van der Waals surface area contributed by atoms with Crippen LogP contribution in [0.15, 0.2) is 0 Å². The molecule has 0 aromatic heterocycles. The van der Waals surface area contributed by atoms with Gasteiger partial charge in [0, 0.05) is 13.0 Å². The Morgan fingerprint density at radius 3 is 2.46 bits per heavy atom. The number of esters is 1. The maximum absolute atomic E-state index is 11.5. The maximum Gasteiger partial charge on any atom is 0.303 e. The van der Waals surface area contributed by atoms with E-state index in [2.05, 4.69) is 0 Å². The number of amides is 1. The van der Waals surface area contributed by atoms with E-state index in [1.807, 2.05) is 13.8 Å². The van der Waals surface area contributed by atoms with E-state index in [0.717, 1.165) is 0 Å². The van der Waals surface area contributed by atoms with Crippen molar-refractivity contribution in [3.05, 3.63) is 0 Å². The molecular weight excluding hydrogens is 170 g/mol. The number of rotatable bonds is 2. The van der Waals surface area contributed by atoms with E-state index in [9.17, 15) is 9.59 Å². The molecule has 0 saturated carbocycles. The zero-order chi connectivity index (χ0) is 10.2. The Morgan fingerprint density at radius 2 is 2.15 bits per heavy atom. The monoisotopic (exact) mass is 185 g/mol. The predicted molar refractivity (Wildman–Crippen MR) is 47.0 cm³/mol. The molecule has 4 heteroatoms. The molecule has 1 heterocycles. The van der Waals surface area contributed by atoms with E-state index in [0.29, 0.717) is 6.54 Å². The van der Waals surface area contributed by atoms with Crippen LogP contribution in [0.3, 0.4) is 0 Å². The van der Waals surface area contributed by atoms with Gasteiger partial charge >= 0.3 is 5.97 Å². The fraction of sp³-hybridized carbons (Fsp3) is 0.778. The highest BCUT2D eigenvalue weighted by Crippen LogP contribution is 2.28. The second-order valence-electron chi connectivity index (χ2n) is 3.85. The van der Waals surface area contributed by atoms with Crippen LogP contribution in [0.25, 0.3) is 0 Å². The fourth-order valence-electron chi connectivity index (χ4n) is 1.49. The number of likely N-dealkylation sites (tertiary alicyclic amines) is 1. The van der Waals surface area contributed by atoms with E-state index in [1.165, 1.54) is 6.92 Å². The van der Waals surface area contributed by atoms with Gasteiger partial charge in [-0.15, -0.1) is 0 Å². The summed E-state index contributed by atoms with van der Waals surface area (Å²) >= 11 is 0. The second-order valence-corrected chi connectivity index (χ2v) is 3.85. The average molecular weight is 185 g/mol. The van der Waals surface area contributed by atoms with Gasteiger partial charge in [-0.3, -0.25) is 9.59 Å². The molecule has 0 aliphatic carbocycles. The molecule has 0 unspecified atom stereocenters. The van der Waals surface area contributed by atoms with Crippen molar-refractivity contribution in [3.8, 4) is 0 Å². The highest BCUT2D eigenvalue weighted by molar-refractivity contribution is 5.93. The number of carbonyl (C=O) groups excluding carboxylic acids is 2. The zero-order valence-corrected chi connectivity index (χ0v) is 8.46. The van der Waals surface area contributed by atoms with Gasteiger partial charge in [0.15, 0.2) is 0 Å². The first kappa shape index (κ1) is 10.0. The van der Waals surface area contributed by atoms with Crippen molar-refractivity contribution in [2.24, 2.45) is 0 Å². The zero-order valence-electron chi connectivity index (χ0n) is 8.46. The van der Waals surface area contributed by atoms with Gasteiger partial charge in [0.1, 0.15) is 0 Å². The summed E-state index contributed by atoms with van der Waals surface area (Å²) in [5.74, 6) is -0.503. The third kappa shape index (κ3) is 1.66. The average Bonchev–Trinajstić information content (AvgIpc) is 1.98. The van der Waals surface area contributed by atoms with E-state index in [-0.39, 0.29) is 11.9 Å². The SMILES string of the molecule is CC(=O)O[C@@]1(C)CN(C(C)C)C1=O. The lowest BCUT2D eigenvalue weighted by atomic mass is 9.93. The van der Waals surface area contributed by atoms with Gasteiger partial charge in [-0.05, 0) is 20.8 Å². The van der Waals surface area contributed by atoms with Gasteiger partial charge in [0.2, 0.25) is 5.60 Å². The first-order valence-corrected chi connectivity index (χ1v) is 4.37. The van der Waals surface area contributed by atoms with Crippen LogP contribution in [0.5, 0.6) is 0 Å². The first-order chi connectivity index (χ1) is 5.87. The van der Waals surface area contributed by atoms with Gasteiger partial charge < -0.3 is 9.64 Å². The summed E-state index contributed by atoms with van der Waals surface area (Å²) in [6.07, 6.45) is 0. The van der Waals surface area contributed by atoms with Crippen LogP contribution in [0.1, 0.15) is 27.7 Å². The van der Waals surface area contributed by atoms with Gasteiger partial charge in [0.25, 0.3) is 5.91 Å². The van der Waals surface area contributed by atoms with Crippen molar-refractivity contribution in [1.29, 1.82) is 0 Å². The van der Waals surface area contributed by atoms with Crippen molar-refractivity contribution in [1.82, 2.24) is 4.90 Å². The molecule has 1 amide bonds. The van der Waals surface area contributed by atoms with Crippen molar-refractivity contribution in [3.63, 3.8) is 0 Å². The molecule has 0 aromatic carbocycles. The number of hydrogen-bond donors (Lipinski definition) is 0. The molecular formula is C9H15NO3. The first-order valence-electron chi connectivity index (χ1n) is 4.37. The molecule has 1 aliphatic rings. The van der Waals surface area contributed by atoms with Crippen molar-refractivity contribution >= 4 is 11.9 Å². The smallest absolute Gasteiger partial charge is 0.303 e. The molecule has 0 aromatic rings. The normalized spacial score (nSPS) is 27.5. The quantitative estimate of drug-likeness (QED) is 0.466. The van der Waals surface area contributed by atoms with Gasteiger partial charge in [0.05, 0.1) is 6.54 Å². The molecule has 0 N–H and O–H groups in total. The Morgan fingerprint density at radius 1 is 1.62 bits per heavy atom. The molecule has 1 saturated heterocycles. The van der Waals surface area contributed by atoms with Crippen LogP contribution in [0.4, 0.5) is 0 Å². The number of hydrogen-bond acceptors (Lipinski definition) is 3. The molecule has 0 bridgehead atoms. The summed E-state index contributed by atoms with van der Waals surface area (Å²) in [5, 5.41) is 0. The highest BCUT2D eigenvalue weighted by Gasteiger charge is 2.52. The lowest BCUT2D eigenvalue weighted by Gasteiger charge is -2.47. The summed E-state index contributed by atoms with van der Waals surface area (Å²) in [4.78, 5) is 23.9. The minimum Gasteiger partial charge on any atom is -0.447 e. The Bertz CT molecular complexity index is 249. The molecule has 1 aliphatic heterocycles. The molecule has 1 rings (SSSR count). The van der Waals surface area contributed by atoms with Crippen LogP contribution in [-0.4, -0.2) is 35.0 Å². The number of carbonyl (C=O) groups is 2. The Balaban J connectivity index is 2.59. The van der Waals surface area contributed by atoms with Crippen molar-refractivity contribution < 1.29 is 14.3 Å². The lowest BCUT2D eigenvalue weighted by Crippen LogP contribution is -2.68. The molecule has 1 fully saturated rings. The summed E-state index contributed by atoms with van der Waals surface area (Å²) in [7, 11) is 0. The Kier molecular flexibility index (Phi) is 2.32. The van der Waals surface area contributed by atoms with Crippen LogP contribution in [0, 0.1) is 0 Å². The molecule has 1 atom stereocenters. The van der Waals surface area contributed by atoms with Gasteiger partial charge in [-0.2, -0.15) is 0 Å². The van der Waals surface area contributed by atoms with Crippen LogP contribution < -0.4 is 0 Å². The molecule has 4 nitrogen and oxygen atoms in total. The number of β-lactam (4-membered cyclic amide) rings is 1. The molecule has 0 spiro atoms. The van der Waals surface area contributed by atoms with E-state index in [1.54, 1.807) is 11.8 Å². The number of nitrogens with zero attached hydrogens (tertiary/aromatic N) is 1. The van der Waals surface area contributed by atoms with Crippen molar-refractivity contribution in [2.45, 2.75) is 39.3 Å². The van der Waals surface area contributed by atoms with Gasteiger partial charge in [-0.25, -0.2) is 0 Å². The summed E-state index contributed by atoms with van der Waals surface area (Å²) in [5.41, 5.74) is -0.907. The number of ether oxygens (including phenoxy) is 1. The minimum atomic E-state index is -0.907. The van der Waals surface area contributed by atoms with E-state index < -0.39 is 11.6 Å². The third-order valence-corrected chi connectivity index (χ3v) is 2.18. The lowest BCUT2D eigenvalue weighted by molar-refractivity contribution is -0.192. The van der Waals surface area contributed by atoms with E-state index >= 15 is 0 Å². The van der Waals surface area contributed by atoms with E-state index in [4.69, 9.17) is 4.74 Å². The molecule has 74 valence electrons. The predicted octanol–water partition coefficient (Wildman–Crippen LogP) is 0.559. The molecule has 13 heavy (non-hydrogen) atoms. The summed E-state index contributed by atoms with van der Waals surface area (Å²) in [6, 6.07) is 0.177. The Hall–Kier alpha value is -1.06. The third-order valence-electron chi connectivity index (χ3n) is 2.18. The highest BCUT2D eigenvalue weighted by atomic mass is 16.6. The maximum atomic E-state index is 11.5. The van der Waals surface area contributed by atoms with Gasteiger partial charge in [-0.1, -0.05) is 0 Å². The van der Waals surface area contributed by atoms with Crippen LogP contribution in [0.2, 0.25) is 0 Å². The van der Waals surface area contributed by atoms with Crippen molar-refractivity contribution in [2.75, 3.05) is 6.54 Å². The van der Waals surface area contributed by atoms with Crippen LogP contribution in [-0.2, 0) is 14.3 Å². The summed E-state index contributed by atoms with van der Waals surface area (Å²) in [6.45, 7) is 7.34. The standard InChI is InChI=1S/C9H15NO3/c1-6(2)10-5-9(4,8(10)12)13-7(3)11/h6H,5H2,1-4H3/t9-/m0/s1. The van der Waals surface area contributed by atoms with Crippen LogP contribution >= 0.6 is 0 Å². The largest absolute Gasteiger partial charge is 0.447 e. The summed E-state index contributed by atoms with van der Waals surface area (Å²) < 4.78 is 4.94. The second kappa shape index (κ2) is 3.01. The topological polar surface area (TPSA) is 46.6 Å². The minimum absolute atomic E-state index is 0.0994. The Labute approximate surface area is 77.8 Å². The molecule has 0 radical (unpaired) electrons.